The molecule has 0 unspecified atom stereocenters. The molecule has 0 bridgehead atoms. The van der Waals surface area contributed by atoms with Crippen LogP contribution in [0.3, 0.4) is 0 Å². The third-order valence-corrected chi connectivity index (χ3v) is 3.26. The van der Waals surface area contributed by atoms with Crippen molar-refractivity contribution in [3.05, 3.63) is 53.6 Å². The lowest BCUT2D eigenvalue weighted by Crippen LogP contribution is -2.20. The highest BCUT2D eigenvalue weighted by atomic mass is 16.1. The zero-order chi connectivity index (χ0) is 13.3. The molecule has 0 fully saturated rings. The van der Waals surface area contributed by atoms with Crippen molar-refractivity contribution in [2.24, 2.45) is 9.98 Å². The van der Waals surface area contributed by atoms with Gasteiger partial charge in [0.05, 0.1) is 0 Å². The minimum absolute atomic E-state index is 0.690. The maximum absolute atomic E-state index is 10.7. The Morgan fingerprint density at radius 1 is 0.947 bits per heavy atom. The molecule has 90 valence electrons. The summed E-state index contributed by atoms with van der Waals surface area (Å²) in [7, 11) is 0. The number of benzene rings is 2. The van der Waals surface area contributed by atoms with Crippen molar-refractivity contribution in [2.45, 2.75) is 5.66 Å². The highest BCUT2D eigenvalue weighted by molar-refractivity contribution is 5.96. The highest BCUT2D eigenvalue weighted by Gasteiger charge is 2.33. The molecule has 0 heterocycles. The number of rotatable bonds is 2. The van der Waals surface area contributed by atoms with Gasteiger partial charge in [0.15, 0.2) is 0 Å². The molecule has 0 spiro atoms. The van der Waals surface area contributed by atoms with E-state index >= 15 is 0 Å². The van der Waals surface area contributed by atoms with Gasteiger partial charge < -0.3 is 0 Å². The average Bonchev–Trinajstić information content (AvgIpc) is 2.44. The van der Waals surface area contributed by atoms with E-state index in [1.807, 2.05) is 30.3 Å². The molecule has 0 atom stereocenters. The Hall–Kier alpha value is -2.80. The Kier molecular flexibility index (Phi) is 2.46. The molecule has 0 radical (unpaired) electrons. The summed E-state index contributed by atoms with van der Waals surface area (Å²) in [5.74, 6) is 0. The molecular formula is C15H8N2O2. The van der Waals surface area contributed by atoms with Crippen LogP contribution in [0.25, 0.3) is 16.8 Å². The molecule has 0 saturated heterocycles. The summed E-state index contributed by atoms with van der Waals surface area (Å²) in [5.41, 5.74) is 0.359. The Bertz CT molecular complexity index is 772. The molecule has 4 nitrogen and oxygen atoms in total. The second kappa shape index (κ2) is 4.14. The number of aliphatic imine (C=N–C) groups is 2. The van der Waals surface area contributed by atoms with E-state index in [-0.39, 0.29) is 0 Å². The minimum Gasteiger partial charge on any atom is -0.211 e. The average molecular weight is 248 g/mol. The van der Waals surface area contributed by atoms with E-state index in [1.54, 1.807) is 18.2 Å². The van der Waals surface area contributed by atoms with Gasteiger partial charge in [-0.15, -0.1) is 0 Å². The van der Waals surface area contributed by atoms with E-state index in [4.69, 9.17) is 0 Å². The van der Waals surface area contributed by atoms with Crippen LogP contribution in [-0.4, -0.2) is 12.2 Å². The molecule has 3 rings (SSSR count). The quantitative estimate of drug-likeness (QED) is 0.606. The molecule has 1 aliphatic carbocycles. The Morgan fingerprint density at radius 2 is 1.63 bits per heavy atom. The third kappa shape index (κ3) is 1.56. The van der Waals surface area contributed by atoms with Crippen molar-refractivity contribution in [3.8, 4) is 0 Å². The standard InChI is InChI=1S/C15H8N2O2/c18-9-16-15(17-10-19)8-7-12-4-1-3-11-5-2-6-13(15)14(11)12/h1-8H. The summed E-state index contributed by atoms with van der Waals surface area (Å²) in [6.45, 7) is 0. The zero-order valence-corrected chi connectivity index (χ0v) is 9.83. The fourth-order valence-corrected chi connectivity index (χ4v) is 2.47. The fourth-order valence-electron chi connectivity index (χ4n) is 2.47. The fraction of sp³-hybridized carbons (Fsp3) is 0.0667. The molecule has 0 aromatic heterocycles. The van der Waals surface area contributed by atoms with E-state index in [0.29, 0.717) is 5.56 Å². The van der Waals surface area contributed by atoms with Crippen LogP contribution in [0, 0.1) is 0 Å². The predicted molar refractivity (Wildman–Crippen MR) is 70.9 cm³/mol. The maximum Gasteiger partial charge on any atom is 0.238 e. The van der Waals surface area contributed by atoms with Gasteiger partial charge in [0.2, 0.25) is 17.8 Å². The first kappa shape index (κ1) is 11.3. The van der Waals surface area contributed by atoms with Gasteiger partial charge in [-0.1, -0.05) is 42.5 Å². The molecular weight excluding hydrogens is 240 g/mol. The van der Waals surface area contributed by atoms with Crippen LogP contribution >= 0.6 is 0 Å². The van der Waals surface area contributed by atoms with Crippen LogP contribution in [0.15, 0.2) is 52.5 Å². The summed E-state index contributed by atoms with van der Waals surface area (Å²) in [5, 5.41) is 1.94. The molecule has 0 saturated carbocycles. The SMILES string of the molecule is O=C=NC1(N=C=O)C=Cc2cccc3cccc1c23. The molecule has 4 heteroatoms. The molecule has 0 N–H and O–H groups in total. The van der Waals surface area contributed by atoms with E-state index in [9.17, 15) is 9.59 Å². The van der Waals surface area contributed by atoms with Crippen LogP contribution in [0.5, 0.6) is 0 Å². The Balaban J connectivity index is 2.47. The highest BCUT2D eigenvalue weighted by Crippen LogP contribution is 2.40. The topological polar surface area (TPSA) is 58.9 Å². The monoisotopic (exact) mass is 248 g/mol. The van der Waals surface area contributed by atoms with Crippen molar-refractivity contribution in [3.63, 3.8) is 0 Å². The first-order chi connectivity index (χ1) is 9.30. The second-order valence-electron chi connectivity index (χ2n) is 4.22. The van der Waals surface area contributed by atoms with Gasteiger partial charge in [0, 0.05) is 5.56 Å². The van der Waals surface area contributed by atoms with Gasteiger partial charge in [-0.05, 0) is 22.4 Å². The van der Waals surface area contributed by atoms with Gasteiger partial charge in [-0.25, -0.2) is 9.59 Å². The molecule has 2 aromatic carbocycles. The molecule has 0 aliphatic heterocycles. The summed E-state index contributed by atoms with van der Waals surface area (Å²) in [4.78, 5) is 28.8. The van der Waals surface area contributed by atoms with Crippen molar-refractivity contribution < 1.29 is 9.59 Å². The van der Waals surface area contributed by atoms with Crippen LogP contribution in [0.2, 0.25) is 0 Å². The number of carbonyl (C=O) groups excluding carboxylic acids is 2. The Labute approximate surface area is 108 Å². The summed E-state index contributed by atoms with van der Waals surface area (Å²) in [6, 6.07) is 11.5. The van der Waals surface area contributed by atoms with Gasteiger partial charge in [0.25, 0.3) is 0 Å². The summed E-state index contributed by atoms with van der Waals surface area (Å²) >= 11 is 0. The molecule has 1 aliphatic rings. The van der Waals surface area contributed by atoms with Crippen LogP contribution in [0.4, 0.5) is 0 Å². The van der Waals surface area contributed by atoms with E-state index in [1.165, 1.54) is 12.2 Å². The van der Waals surface area contributed by atoms with E-state index < -0.39 is 5.66 Å². The van der Waals surface area contributed by atoms with Crippen LogP contribution in [0.1, 0.15) is 11.1 Å². The Morgan fingerprint density at radius 3 is 2.32 bits per heavy atom. The van der Waals surface area contributed by atoms with Crippen LogP contribution in [-0.2, 0) is 15.3 Å². The van der Waals surface area contributed by atoms with Gasteiger partial charge >= 0.3 is 0 Å². The predicted octanol–water partition coefficient (Wildman–Crippen LogP) is 2.69. The number of hydrogen-bond donors (Lipinski definition) is 0. The first-order valence-corrected chi connectivity index (χ1v) is 5.70. The summed E-state index contributed by atoms with van der Waals surface area (Å²) in [6.07, 6.45) is 6.39. The molecule has 19 heavy (non-hydrogen) atoms. The maximum atomic E-state index is 10.7. The van der Waals surface area contributed by atoms with Crippen molar-refractivity contribution >= 4 is 29.0 Å². The zero-order valence-electron chi connectivity index (χ0n) is 9.83. The first-order valence-electron chi connectivity index (χ1n) is 5.70. The normalized spacial score (nSPS) is 19.6. The molecule has 2 aromatic rings. The van der Waals surface area contributed by atoms with Crippen molar-refractivity contribution in [2.75, 3.05) is 0 Å². The summed E-state index contributed by atoms with van der Waals surface area (Å²) < 4.78 is 0. The van der Waals surface area contributed by atoms with E-state index in [0.717, 1.165) is 16.3 Å². The van der Waals surface area contributed by atoms with Crippen LogP contribution < -0.4 is 0 Å². The lowest BCUT2D eigenvalue weighted by atomic mass is 9.86. The van der Waals surface area contributed by atoms with Gasteiger partial charge in [-0.3, -0.25) is 0 Å². The number of isocyanates is 2. The van der Waals surface area contributed by atoms with E-state index in [2.05, 4.69) is 9.98 Å². The van der Waals surface area contributed by atoms with Gasteiger partial charge in [-0.2, -0.15) is 9.98 Å². The molecule has 0 amide bonds. The number of hydrogen-bond acceptors (Lipinski definition) is 4. The third-order valence-electron chi connectivity index (χ3n) is 3.26. The van der Waals surface area contributed by atoms with Gasteiger partial charge in [0.1, 0.15) is 0 Å². The lowest BCUT2D eigenvalue weighted by Gasteiger charge is -2.25. The largest absolute Gasteiger partial charge is 0.238 e. The lowest BCUT2D eigenvalue weighted by molar-refractivity contribution is 0.527. The smallest absolute Gasteiger partial charge is 0.211 e. The minimum atomic E-state index is -1.34. The second-order valence-corrected chi connectivity index (χ2v) is 4.22. The number of nitrogens with zero attached hydrogens (tertiary/aromatic N) is 2. The van der Waals surface area contributed by atoms with Crippen molar-refractivity contribution in [1.82, 2.24) is 0 Å². The van der Waals surface area contributed by atoms with Crippen molar-refractivity contribution in [1.29, 1.82) is 0 Å².